The minimum Gasteiger partial charge on any atom is -0.459 e. The van der Waals surface area contributed by atoms with E-state index in [2.05, 4.69) is 22.9 Å². The van der Waals surface area contributed by atoms with Crippen LogP contribution in [0, 0.1) is 0 Å². The Morgan fingerprint density at radius 2 is 1.22 bits per heavy atom. The number of nitrogens with two attached hydrogens (primary N) is 1. The van der Waals surface area contributed by atoms with Crippen LogP contribution in [-0.4, -0.2) is 66.0 Å². The van der Waals surface area contributed by atoms with Gasteiger partial charge in [-0.15, -0.1) is 0 Å². The summed E-state index contributed by atoms with van der Waals surface area (Å²) < 4.78 is 18.6. The van der Waals surface area contributed by atoms with Gasteiger partial charge in [0.05, 0.1) is 0 Å². The Kier molecular flexibility index (Phi) is 28.2. The fourth-order valence-corrected chi connectivity index (χ4v) is 6.50. The summed E-state index contributed by atoms with van der Waals surface area (Å²) >= 11 is 0. The second kappa shape index (κ2) is 32.7. The lowest BCUT2D eigenvalue weighted by molar-refractivity contribution is -0.149. The normalized spacial score (nSPS) is 13.0. The van der Waals surface area contributed by atoms with E-state index in [9.17, 15) is 28.8 Å². The Hall–Kier alpha value is -4.16. The zero-order chi connectivity index (χ0) is 44.6. The van der Waals surface area contributed by atoms with E-state index < -0.39 is 53.5 Å². The molecule has 0 aromatic heterocycles. The van der Waals surface area contributed by atoms with Gasteiger partial charge < -0.3 is 36.5 Å². The molecule has 0 saturated carbocycles. The molecule has 0 bridgehead atoms. The molecule has 5 amide bonds. The van der Waals surface area contributed by atoms with E-state index in [0.29, 0.717) is 31.1 Å². The van der Waals surface area contributed by atoms with Crippen LogP contribution in [0.15, 0.2) is 30.3 Å². The number of hydrogen-bond acceptors (Lipinski definition) is 8. The van der Waals surface area contributed by atoms with Gasteiger partial charge in [-0.25, -0.2) is 9.59 Å². The van der Waals surface area contributed by atoms with Gasteiger partial charge in [0.2, 0.25) is 23.6 Å². The largest absolute Gasteiger partial charge is 0.459 e. The van der Waals surface area contributed by atoms with E-state index >= 15 is 0 Å². The van der Waals surface area contributed by atoms with Crippen molar-refractivity contribution in [2.75, 3.05) is 6.54 Å². The van der Waals surface area contributed by atoms with Crippen LogP contribution in [0.5, 0.6) is 0 Å². The van der Waals surface area contributed by atoms with E-state index in [0.717, 1.165) is 24.8 Å². The van der Waals surface area contributed by atoms with Crippen LogP contribution in [0.3, 0.4) is 0 Å². The van der Waals surface area contributed by atoms with Crippen LogP contribution >= 0.6 is 0 Å². The number of nitrogens with one attached hydrogen (secondary N) is 4. The molecule has 13 nitrogen and oxygen atoms in total. The quantitative estimate of drug-likeness (QED) is 0.0339. The number of esters is 1. The molecule has 0 aliphatic heterocycles. The van der Waals surface area contributed by atoms with Crippen molar-refractivity contribution in [3.63, 3.8) is 0 Å². The highest BCUT2D eigenvalue weighted by Crippen LogP contribution is 2.15. The predicted octanol–water partition coefficient (Wildman–Crippen LogP) is 8.21. The Balaban J connectivity index is 2.43. The number of hydrogen-bond donors (Lipinski definition) is 5. The monoisotopic (exact) mass is 831 g/mol. The molecule has 0 heterocycles. The van der Waals surface area contributed by atoms with Gasteiger partial charge in [0.15, 0.2) is 1.41 Å². The first-order chi connectivity index (χ1) is 28.6. The summed E-state index contributed by atoms with van der Waals surface area (Å²) in [4.78, 5) is 75.8. The van der Waals surface area contributed by atoms with E-state index in [1.54, 1.807) is 20.8 Å². The Bertz CT molecular complexity index is 1380. The average molecular weight is 831 g/mol. The van der Waals surface area contributed by atoms with Gasteiger partial charge in [-0.05, 0) is 65.4 Å². The molecule has 336 valence electrons. The fourth-order valence-electron chi connectivity index (χ4n) is 6.50. The number of unbranched alkanes of at least 4 members (excludes halogenated alkanes) is 17. The highest BCUT2D eigenvalue weighted by molar-refractivity contribution is 5.91. The summed E-state index contributed by atoms with van der Waals surface area (Å²) in [5, 5.41) is 8.39. The number of primary amides is 1. The molecule has 59 heavy (non-hydrogen) atoms. The summed E-state index contributed by atoms with van der Waals surface area (Å²) in [5.74, 6) is -2.93. The van der Waals surface area contributed by atoms with E-state index in [1.807, 2.05) is 30.3 Å². The first-order valence-corrected chi connectivity index (χ1v) is 22.5. The first-order valence-electron chi connectivity index (χ1n) is 23.0. The maximum absolute atomic E-state index is 13.1. The molecule has 0 fully saturated rings. The van der Waals surface area contributed by atoms with Crippen LogP contribution in [0.4, 0.5) is 4.79 Å². The van der Waals surface area contributed by atoms with Gasteiger partial charge in [0.1, 0.15) is 30.3 Å². The van der Waals surface area contributed by atoms with Gasteiger partial charge in [-0.2, -0.15) is 0 Å². The summed E-state index contributed by atoms with van der Waals surface area (Å²) in [5.41, 5.74) is 5.39. The van der Waals surface area contributed by atoms with Gasteiger partial charge in [0, 0.05) is 19.4 Å². The van der Waals surface area contributed by atoms with Crippen LogP contribution in [0.2, 0.25) is 1.41 Å². The minimum absolute atomic E-state index is 0.00819. The smallest absolute Gasteiger partial charge is 0.408 e. The molecule has 1 aromatic carbocycles. The van der Waals surface area contributed by atoms with Crippen LogP contribution in [-0.2, 0) is 40.1 Å². The summed E-state index contributed by atoms with van der Waals surface area (Å²) in [6, 6.07) is 5.53. The molecule has 1 aromatic rings. The van der Waals surface area contributed by atoms with E-state index in [-0.39, 0.29) is 31.8 Å². The van der Waals surface area contributed by atoms with Crippen LogP contribution in [0.1, 0.15) is 188 Å². The zero-order valence-corrected chi connectivity index (χ0v) is 37.1. The maximum atomic E-state index is 13.1. The molecular weight excluding hydrogens is 751 g/mol. The Morgan fingerprint density at radius 1 is 0.678 bits per heavy atom. The van der Waals surface area contributed by atoms with Crippen molar-refractivity contribution in [2.24, 2.45) is 5.73 Å². The van der Waals surface area contributed by atoms with Crippen molar-refractivity contribution in [3.05, 3.63) is 35.9 Å². The van der Waals surface area contributed by atoms with Crippen LogP contribution in [0.25, 0.3) is 0 Å². The number of rotatable bonds is 34. The number of amides is 5. The lowest BCUT2D eigenvalue weighted by Crippen LogP contribution is -2.52. The molecule has 0 aliphatic rings. The van der Waals surface area contributed by atoms with Gasteiger partial charge in [-0.3, -0.25) is 19.2 Å². The maximum Gasteiger partial charge on any atom is 0.408 e. The van der Waals surface area contributed by atoms with Crippen molar-refractivity contribution < 1.29 is 39.7 Å². The number of carbonyl (C=O) groups excluding carboxylic acids is 6. The fraction of sp³-hybridized carbons (Fsp3) is 0.739. The number of ether oxygens (including phenoxy) is 2. The predicted molar refractivity (Wildman–Crippen MR) is 233 cm³/mol. The summed E-state index contributed by atoms with van der Waals surface area (Å²) in [6.07, 6.45) is 22.3. The molecule has 3 atom stereocenters. The second-order valence-corrected chi connectivity index (χ2v) is 16.8. The highest BCUT2D eigenvalue weighted by Gasteiger charge is 2.27. The van der Waals surface area contributed by atoms with Crippen molar-refractivity contribution in [1.29, 1.82) is 0 Å². The molecule has 0 unspecified atom stereocenters. The SMILES string of the molecule is [2H]N(C(=O)OC(C)(C)C)[C@@H](C)C(=O)N[C@@H](CCC(=O)N[C@@H](CCCCNC(=O)CCCCCCCCCCCCCCCCCCC)C(=O)OCc1ccccc1)C(N)=O. The minimum atomic E-state index is -1.33. The van der Waals surface area contributed by atoms with Gasteiger partial charge >= 0.3 is 12.1 Å². The second-order valence-electron chi connectivity index (χ2n) is 16.8. The summed E-state index contributed by atoms with van der Waals surface area (Å²) in [7, 11) is 0. The topological polar surface area (TPSA) is 195 Å². The lowest BCUT2D eigenvalue weighted by atomic mass is 10.0. The number of alkyl carbamates (subject to hydrolysis) is 1. The Labute approximate surface area is 356 Å². The third kappa shape index (κ3) is 29.7. The number of benzene rings is 1. The number of carbonyl (C=O) groups is 6. The molecule has 0 spiro atoms. The third-order valence-corrected chi connectivity index (χ3v) is 9.98. The molecule has 6 N–H and O–H groups in total. The first kappa shape index (κ1) is 51.0. The van der Waals surface area contributed by atoms with Gasteiger partial charge in [0.25, 0.3) is 0 Å². The standard InChI is InChI=1S/C46H79N5O8/c1-6-7-8-9-10-11-12-13-14-15-16-17-18-19-20-21-25-31-40(52)48-34-27-26-30-39(44(56)58-35-37-28-23-22-24-29-37)50-41(53)33-32-38(42(47)54)51-43(55)36(2)49-45(57)59-46(3,4)5/h22-24,28-29,36,38-39H,6-21,25-27,30-35H2,1-5H3,(H2,47,54)(H,48,52)(H,49,57)(H,50,53)(H,51,55)/t36-,38-,39-/m0/s1/i/hD. The molecule has 0 aliphatic carbocycles. The van der Waals surface area contributed by atoms with Gasteiger partial charge in [-0.1, -0.05) is 140 Å². The lowest BCUT2D eigenvalue weighted by Gasteiger charge is -2.23. The zero-order valence-electron chi connectivity index (χ0n) is 38.1. The van der Waals surface area contributed by atoms with Crippen molar-refractivity contribution >= 4 is 35.7 Å². The molecule has 13 heteroatoms. The Morgan fingerprint density at radius 3 is 1.75 bits per heavy atom. The average Bonchev–Trinajstić information content (AvgIpc) is 3.20. The van der Waals surface area contributed by atoms with Crippen molar-refractivity contribution in [1.82, 2.24) is 21.3 Å². The molecule has 0 saturated heterocycles. The van der Waals surface area contributed by atoms with E-state index in [1.165, 1.54) is 96.8 Å². The molecule has 1 rings (SSSR count). The third-order valence-electron chi connectivity index (χ3n) is 9.98. The van der Waals surface area contributed by atoms with E-state index in [4.69, 9.17) is 16.6 Å². The van der Waals surface area contributed by atoms with Crippen LogP contribution < -0.4 is 27.0 Å². The molecular formula is C46H79N5O8. The summed E-state index contributed by atoms with van der Waals surface area (Å²) in [6.45, 7) is 8.87. The highest BCUT2D eigenvalue weighted by atomic mass is 16.6. The van der Waals surface area contributed by atoms with Crippen molar-refractivity contribution in [3.8, 4) is 0 Å². The molecule has 0 radical (unpaired) electrons. The van der Waals surface area contributed by atoms with Crippen molar-refractivity contribution in [2.45, 2.75) is 213 Å².